The highest BCUT2D eigenvalue weighted by Gasteiger charge is 2.37. The molecule has 0 radical (unpaired) electrons. The Morgan fingerprint density at radius 1 is 1.00 bits per heavy atom. The van der Waals surface area contributed by atoms with Gasteiger partial charge in [0.1, 0.15) is 0 Å². The van der Waals surface area contributed by atoms with Crippen molar-refractivity contribution in [2.75, 3.05) is 32.7 Å². The largest absolute Gasteiger partial charge is 0.343 e. The van der Waals surface area contributed by atoms with Gasteiger partial charge >= 0.3 is 0 Å². The van der Waals surface area contributed by atoms with Crippen LogP contribution in [0.5, 0.6) is 0 Å². The molecule has 1 aromatic heterocycles. The third-order valence-corrected chi connectivity index (χ3v) is 11.1. The minimum absolute atomic E-state index is 0.0220. The Kier molecular flexibility index (Phi) is 9.12. The Morgan fingerprint density at radius 3 is 2.41 bits per heavy atom. The number of hydrogen-bond acceptors (Lipinski definition) is 4. The number of nitrogens with zero attached hydrogens (tertiary/aromatic N) is 3. The number of aryl methyl sites for hydroxylation is 2. The van der Waals surface area contributed by atoms with Gasteiger partial charge in [-0.05, 0) is 120 Å². The zero-order valence-electron chi connectivity index (χ0n) is 23.7. The number of nitrogens with one attached hydrogen (secondary N) is 1. The summed E-state index contributed by atoms with van der Waals surface area (Å²) in [5, 5.41) is 4.13. The molecule has 4 heterocycles. The summed E-state index contributed by atoms with van der Waals surface area (Å²) in [5.41, 5.74) is 5.08. The Morgan fingerprint density at radius 2 is 1.71 bits per heavy atom. The molecule has 41 heavy (non-hydrogen) atoms. The summed E-state index contributed by atoms with van der Waals surface area (Å²) in [6, 6.07) is 6.34. The Labute approximate surface area is 265 Å². The van der Waals surface area contributed by atoms with Crippen LogP contribution in [0.1, 0.15) is 73.8 Å². The predicted molar refractivity (Wildman–Crippen MR) is 169 cm³/mol. The van der Waals surface area contributed by atoms with E-state index >= 15 is 0 Å². The average molecular weight is 707 g/mol. The van der Waals surface area contributed by atoms with Gasteiger partial charge in [-0.25, -0.2) is 0 Å². The molecule has 3 atom stereocenters. The lowest BCUT2D eigenvalue weighted by Gasteiger charge is -2.38. The fourth-order valence-corrected chi connectivity index (χ4v) is 9.07. The molecule has 0 bridgehead atoms. The Bertz CT molecular complexity index is 1310. The summed E-state index contributed by atoms with van der Waals surface area (Å²) in [6.45, 7) is 6.24. The van der Waals surface area contributed by atoms with Crippen LogP contribution in [0.3, 0.4) is 0 Å². The first-order valence-electron chi connectivity index (χ1n) is 15.2. The highest BCUT2D eigenvalue weighted by Crippen LogP contribution is 2.46. The maximum Gasteiger partial charge on any atom is 0.239 e. The van der Waals surface area contributed by atoms with Crippen LogP contribution in [0.25, 0.3) is 0 Å². The summed E-state index contributed by atoms with van der Waals surface area (Å²) < 4.78 is 2.07. The Balaban J connectivity index is 1.08. The van der Waals surface area contributed by atoms with Crippen molar-refractivity contribution in [1.82, 2.24) is 20.1 Å². The molecule has 1 N–H and O–H groups in total. The fraction of sp³-hybridized carbons (Fsp3) is 0.594. The molecule has 1 unspecified atom stereocenters. The number of hydrogen-bond donors (Lipinski definition) is 1. The molecule has 2 aromatic rings. The van der Waals surface area contributed by atoms with E-state index < -0.39 is 0 Å². The number of aromatic nitrogens is 1. The number of piperidine rings is 2. The monoisotopic (exact) mass is 704 g/mol. The molecule has 0 saturated carbocycles. The second-order valence-electron chi connectivity index (χ2n) is 12.6. The van der Waals surface area contributed by atoms with E-state index in [1.165, 1.54) is 22.4 Å². The van der Waals surface area contributed by atoms with Gasteiger partial charge in [-0.2, -0.15) is 0 Å². The smallest absolute Gasteiger partial charge is 0.239 e. The second kappa shape index (κ2) is 12.6. The summed E-state index contributed by atoms with van der Waals surface area (Å²) in [6.07, 6.45) is 9.09. The van der Waals surface area contributed by atoms with Crippen molar-refractivity contribution in [3.05, 3.63) is 60.7 Å². The van der Waals surface area contributed by atoms with E-state index in [0.717, 1.165) is 91.6 Å². The van der Waals surface area contributed by atoms with Crippen LogP contribution in [0.15, 0.2) is 33.3 Å². The summed E-state index contributed by atoms with van der Waals surface area (Å²) in [4.78, 5) is 35.3. The van der Waals surface area contributed by atoms with E-state index in [0.29, 0.717) is 24.2 Å². The van der Waals surface area contributed by atoms with Gasteiger partial charge in [0, 0.05) is 58.7 Å². The van der Waals surface area contributed by atoms with Crippen LogP contribution in [0.4, 0.5) is 0 Å². The minimum Gasteiger partial charge on any atom is -0.343 e. The van der Waals surface area contributed by atoms with E-state index in [1.54, 1.807) is 0 Å². The van der Waals surface area contributed by atoms with Gasteiger partial charge in [0.25, 0.3) is 0 Å². The van der Waals surface area contributed by atoms with Crippen molar-refractivity contribution < 1.29 is 9.59 Å². The number of carbonyl (C=O) groups excluding carboxylic acids is 2. The highest BCUT2D eigenvalue weighted by molar-refractivity contribution is 9.10. The molecule has 3 fully saturated rings. The van der Waals surface area contributed by atoms with Gasteiger partial charge < -0.3 is 15.1 Å². The first-order chi connectivity index (χ1) is 19.8. The minimum atomic E-state index is -0.0220. The van der Waals surface area contributed by atoms with Gasteiger partial charge in [0.15, 0.2) is 0 Å². The third kappa shape index (κ3) is 6.41. The quantitative estimate of drug-likeness (QED) is 0.403. The van der Waals surface area contributed by atoms with Crippen LogP contribution in [0, 0.1) is 17.8 Å². The van der Waals surface area contributed by atoms with Crippen molar-refractivity contribution >= 4 is 55.3 Å². The molecule has 9 heteroatoms. The molecule has 6 rings (SSSR count). The summed E-state index contributed by atoms with van der Waals surface area (Å²) >= 11 is 14.0. The van der Waals surface area contributed by atoms with Gasteiger partial charge in [-0.1, -0.05) is 34.5 Å². The van der Waals surface area contributed by atoms with Crippen LogP contribution < -0.4 is 5.32 Å². The van der Waals surface area contributed by atoms with Crippen molar-refractivity contribution in [2.45, 2.75) is 70.3 Å². The molecule has 220 valence electrons. The summed E-state index contributed by atoms with van der Waals surface area (Å²) in [7, 11) is 0. The van der Waals surface area contributed by atoms with Gasteiger partial charge in [0.05, 0.1) is 11.7 Å². The zero-order chi connectivity index (χ0) is 28.7. The molecular formula is C32H39Br2ClN4O2. The first kappa shape index (κ1) is 29.6. The van der Waals surface area contributed by atoms with E-state index in [1.807, 2.05) is 17.2 Å². The SMILES string of the molecule is C[C@H]1CNC(C(=O)N2CCC(CC(=O)N3CCC([C@H]4c5ncc(Br)cc5CCc5cc(Cl)cc(Br)c54)CC3)CC2)C1. The topological polar surface area (TPSA) is 65.5 Å². The number of amides is 2. The normalized spacial score (nSPS) is 25.5. The molecule has 3 aliphatic heterocycles. The molecule has 4 aliphatic rings. The molecule has 1 aliphatic carbocycles. The number of benzene rings is 1. The van der Waals surface area contributed by atoms with Gasteiger partial charge in [-0.15, -0.1) is 0 Å². The number of halogens is 3. The van der Waals surface area contributed by atoms with E-state index in [9.17, 15) is 9.59 Å². The van der Waals surface area contributed by atoms with Crippen molar-refractivity contribution in [1.29, 1.82) is 0 Å². The second-order valence-corrected chi connectivity index (χ2v) is 14.8. The van der Waals surface area contributed by atoms with E-state index in [2.05, 4.69) is 61.1 Å². The number of pyridine rings is 1. The molecule has 1 aromatic carbocycles. The molecule has 2 amide bonds. The third-order valence-electron chi connectivity index (χ3n) is 9.82. The highest BCUT2D eigenvalue weighted by atomic mass is 79.9. The molecule has 3 saturated heterocycles. The average Bonchev–Trinajstić information content (AvgIpc) is 3.33. The summed E-state index contributed by atoms with van der Waals surface area (Å²) in [5.74, 6) is 2.04. The lowest BCUT2D eigenvalue weighted by molar-refractivity contribution is -0.136. The number of fused-ring (bicyclic) bond motifs is 2. The number of rotatable bonds is 4. The first-order valence-corrected chi connectivity index (χ1v) is 17.1. The predicted octanol–water partition coefficient (Wildman–Crippen LogP) is 6.36. The lowest BCUT2D eigenvalue weighted by atomic mass is 9.76. The fourth-order valence-electron chi connectivity index (χ4n) is 7.57. The standard InChI is InChI=1S/C32H39Br2ClN4O2/c1-19-12-27(36-17-19)32(41)39-8-4-20(5-9-39)13-28(40)38-10-6-21(7-11-38)30-29-22(15-25(35)16-26(29)34)2-3-23-14-24(33)18-37-31(23)30/h14-16,18-21,27,30,36H,2-13,17H2,1H3/t19-,27?,30-/m1/s1. The molecule has 0 spiro atoms. The van der Waals surface area contributed by atoms with Crippen LogP contribution in [0.2, 0.25) is 5.02 Å². The van der Waals surface area contributed by atoms with E-state index in [-0.39, 0.29) is 23.8 Å². The van der Waals surface area contributed by atoms with Crippen molar-refractivity contribution in [3.8, 4) is 0 Å². The van der Waals surface area contributed by atoms with Gasteiger partial charge in [0.2, 0.25) is 11.8 Å². The zero-order valence-corrected chi connectivity index (χ0v) is 27.6. The van der Waals surface area contributed by atoms with E-state index in [4.69, 9.17) is 16.6 Å². The number of carbonyl (C=O) groups is 2. The van der Waals surface area contributed by atoms with Crippen LogP contribution in [-0.2, 0) is 22.4 Å². The molecular weight excluding hydrogens is 668 g/mol. The maximum atomic E-state index is 13.4. The lowest BCUT2D eigenvalue weighted by Crippen LogP contribution is -2.47. The van der Waals surface area contributed by atoms with Gasteiger partial charge in [-0.3, -0.25) is 14.6 Å². The maximum absolute atomic E-state index is 13.4. The number of likely N-dealkylation sites (tertiary alicyclic amines) is 2. The van der Waals surface area contributed by atoms with Crippen molar-refractivity contribution in [2.24, 2.45) is 17.8 Å². The van der Waals surface area contributed by atoms with Crippen molar-refractivity contribution in [3.63, 3.8) is 0 Å². The molecule has 6 nitrogen and oxygen atoms in total. The Hall–Kier alpha value is -1.48. The van der Waals surface area contributed by atoms with Crippen LogP contribution in [-0.4, -0.2) is 65.4 Å². The van der Waals surface area contributed by atoms with Crippen LogP contribution >= 0.6 is 43.5 Å².